The van der Waals surface area contributed by atoms with Crippen molar-refractivity contribution in [3.05, 3.63) is 97.8 Å². The summed E-state index contributed by atoms with van der Waals surface area (Å²) in [6, 6.07) is 19.6. The SMILES string of the molecule is O=C1S/C(=C\c2ccc(OCc3ccc(Cl)c(Cl)c3)cc2)C(=O)N1CCOc1ccccc1Cl. The Hall–Kier alpha value is -2.64. The first kappa shape index (κ1) is 24.5. The van der Waals surface area contributed by atoms with Crippen LogP contribution in [-0.4, -0.2) is 29.2 Å². The Balaban J connectivity index is 1.33. The lowest BCUT2D eigenvalue weighted by atomic mass is 10.2. The van der Waals surface area contributed by atoms with Gasteiger partial charge in [0.05, 0.1) is 26.5 Å². The minimum absolute atomic E-state index is 0.134. The lowest BCUT2D eigenvalue weighted by Gasteiger charge is -2.13. The molecular formula is C25H18Cl3NO4S. The average molecular weight is 535 g/mol. The van der Waals surface area contributed by atoms with Crippen LogP contribution in [0.4, 0.5) is 4.79 Å². The second-order valence-electron chi connectivity index (χ2n) is 7.22. The van der Waals surface area contributed by atoms with Crippen molar-refractivity contribution in [3.63, 3.8) is 0 Å². The standard InChI is InChI=1S/C25H18Cl3NO4S/c26-19-10-7-17(13-21(19)28)15-33-18-8-5-16(6-9-18)14-23-24(30)29(25(31)34-23)11-12-32-22-4-2-1-3-20(22)27/h1-10,13-14H,11-12,15H2/b23-14-. The number of rotatable bonds is 8. The van der Waals surface area contributed by atoms with E-state index in [9.17, 15) is 9.59 Å². The monoisotopic (exact) mass is 533 g/mol. The van der Waals surface area contributed by atoms with Crippen molar-refractivity contribution >= 4 is 63.8 Å². The third kappa shape index (κ3) is 6.07. The van der Waals surface area contributed by atoms with Gasteiger partial charge in [-0.2, -0.15) is 0 Å². The van der Waals surface area contributed by atoms with Gasteiger partial charge >= 0.3 is 0 Å². The molecule has 4 rings (SSSR count). The van der Waals surface area contributed by atoms with Crippen molar-refractivity contribution in [2.24, 2.45) is 0 Å². The van der Waals surface area contributed by atoms with E-state index in [0.717, 1.165) is 22.9 Å². The number of amides is 2. The van der Waals surface area contributed by atoms with Gasteiger partial charge in [0.2, 0.25) is 0 Å². The van der Waals surface area contributed by atoms with E-state index in [1.54, 1.807) is 54.6 Å². The first-order chi connectivity index (χ1) is 16.4. The van der Waals surface area contributed by atoms with Crippen LogP contribution in [0.3, 0.4) is 0 Å². The van der Waals surface area contributed by atoms with E-state index in [1.807, 2.05) is 18.2 Å². The van der Waals surface area contributed by atoms with Crippen LogP contribution >= 0.6 is 46.6 Å². The molecule has 0 bridgehead atoms. The summed E-state index contributed by atoms with van der Waals surface area (Å²) in [5.41, 5.74) is 1.67. The molecule has 174 valence electrons. The maximum Gasteiger partial charge on any atom is 0.293 e. The predicted molar refractivity (Wildman–Crippen MR) is 137 cm³/mol. The van der Waals surface area contributed by atoms with Crippen LogP contribution in [0.25, 0.3) is 6.08 Å². The molecule has 3 aromatic carbocycles. The highest BCUT2D eigenvalue weighted by Crippen LogP contribution is 2.32. The van der Waals surface area contributed by atoms with Gasteiger partial charge in [0, 0.05) is 0 Å². The zero-order chi connectivity index (χ0) is 24.1. The summed E-state index contributed by atoms with van der Waals surface area (Å²) < 4.78 is 11.4. The van der Waals surface area contributed by atoms with Crippen LogP contribution in [0.1, 0.15) is 11.1 Å². The molecule has 1 aliphatic heterocycles. The number of imide groups is 1. The molecule has 9 heteroatoms. The van der Waals surface area contributed by atoms with E-state index in [1.165, 1.54) is 4.90 Å². The zero-order valence-electron chi connectivity index (χ0n) is 17.7. The number of para-hydroxylation sites is 1. The maximum atomic E-state index is 12.7. The van der Waals surface area contributed by atoms with E-state index in [2.05, 4.69) is 0 Å². The zero-order valence-corrected chi connectivity index (χ0v) is 20.8. The van der Waals surface area contributed by atoms with Gasteiger partial charge < -0.3 is 9.47 Å². The molecule has 1 saturated heterocycles. The second kappa shape index (κ2) is 11.2. The molecule has 5 nitrogen and oxygen atoms in total. The smallest absolute Gasteiger partial charge is 0.293 e. The van der Waals surface area contributed by atoms with Crippen LogP contribution in [0.5, 0.6) is 11.5 Å². The molecule has 0 aromatic heterocycles. The first-order valence-electron chi connectivity index (χ1n) is 10.2. The maximum absolute atomic E-state index is 12.7. The molecule has 1 heterocycles. The molecule has 0 saturated carbocycles. The van der Waals surface area contributed by atoms with Crippen molar-refractivity contribution in [1.29, 1.82) is 0 Å². The lowest BCUT2D eigenvalue weighted by Crippen LogP contribution is -2.32. The Morgan fingerprint density at radius 3 is 2.35 bits per heavy atom. The minimum atomic E-state index is -0.349. The Labute approximate surface area is 216 Å². The largest absolute Gasteiger partial charge is 0.490 e. The highest BCUT2D eigenvalue weighted by atomic mass is 35.5. The van der Waals surface area contributed by atoms with Gasteiger partial charge in [0.25, 0.3) is 11.1 Å². The third-order valence-corrected chi connectivity index (χ3v) is 6.81. The normalized spacial score (nSPS) is 14.7. The second-order valence-corrected chi connectivity index (χ2v) is 9.43. The lowest BCUT2D eigenvalue weighted by molar-refractivity contribution is -0.123. The van der Waals surface area contributed by atoms with E-state index in [4.69, 9.17) is 44.3 Å². The van der Waals surface area contributed by atoms with Gasteiger partial charge in [-0.05, 0) is 65.4 Å². The molecule has 0 aliphatic carbocycles. The van der Waals surface area contributed by atoms with Crippen LogP contribution in [0.2, 0.25) is 15.1 Å². The number of halogens is 3. The van der Waals surface area contributed by atoms with Crippen molar-refractivity contribution in [2.45, 2.75) is 6.61 Å². The van der Waals surface area contributed by atoms with Crippen LogP contribution in [0.15, 0.2) is 71.6 Å². The summed E-state index contributed by atoms with van der Waals surface area (Å²) in [4.78, 5) is 26.5. The molecule has 0 atom stereocenters. The predicted octanol–water partition coefficient (Wildman–Crippen LogP) is 7.34. The summed E-state index contributed by atoms with van der Waals surface area (Å²) in [6.45, 7) is 0.625. The Morgan fingerprint density at radius 1 is 0.853 bits per heavy atom. The molecule has 0 N–H and O–H groups in total. The summed E-state index contributed by atoms with van der Waals surface area (Å²) in [7, 11) is 0. The Bertz CT molecular complexity index is 1250. The number of carbonyl (C=O) groups is 2. The van der Waals surface area contributed by atoms with Crippen molar-refractivity contribution in [2.75, 3.05) is 13.2 Å². The number of ether oxygens (including phenoxy) is 2. The fraction of sp³-hybridized carbons (Fsp3) is 0.120. The summed E-state index contributed by atoms with van der Waals surface area (Å²) in [5, 5.41) is 1.11. The summed E-state index contributed by atoms with van der Waals surface area (Å²) >= 11 is 18.9. The highest BCUT2D eigenvalue weighted by Gasteiger charge is 2.34. The Kier molecular flexibility index (Phi) is 8.06. The molecule has 2 amide bonds. The molecule has 34 heavy (non-hydrogen) atoms. The molecule has 0 spiro atoms. The fourth-order valence-corrected chi connectivity index (χ4v) is 4.49. The van der Waals surface area contributed by atoms with Gasteiger partial charge in [-0.25, -0.2) is 0 Å². The van der Waals surface area contributed by atoms with Gasteiger partial charge in [0.15, 0.2) is 0 Å². The molecule has 1 fully saturated rings. The van der Waals surface area contributed by atoms with E-state index in [0.29, 0.717) is 38.1 Å². The third-order valence-electron chi connectivity index (χ3n) is 4.85. The van der Waals surface area contributed by atoms with Crippen LogP contribution in [-0.2, 0) is 11.4 Å². The van der Waals surface area contributed by atoms with Gasteiger partial charge in [0.1, 0.15) is 24.7 Å². The molecular weight excluding hydrogens is 517 g/mol. The quantitative estimate of drug-likeness (QED) is 0.283. The van der Waals surface area contributed by atoms with Gasteiger partial charge in [-0.1, -0.05) is 65.1 Å². The van der Waals surface area contributed by atoms with Gasteiger partial charge in [-0.3, -0.25) is 14.5 Å². The summed E-state index contributed by atoms with van der Waals surface area (Å²) in [5.74, 6) is 0.818. The van der Waals surface area contributed by atoms with E-state index >= 15 is 0 Å². The molecule has 0 unspecified atom stereocenters. The minimum Gasteiger partial charge on any atom is -0.490 e. The van der Waals surface area contributed by atoms with E-state index < -0.39 is 0 Å². The number of carbonyl (C=O) groups excluding carboxylic acids is 2. The van der Waals surface area contributed by atoms with Crippen molar-refractivity contribution < 1.29 is 19.1 Å². The van der Waals surface area contributed by atoms with Crippen LogP contribution < -0.4 is 9.47 Å². The number of benzene rings is 3. The Morgan fingerprint density at radius 2 is 1.62 bits per heavy atom. The van der Waals surface area contributed by atoms with Crippen LogP contribution in [0, 0.1) is 0 Å². The number of nitrogens with zero attached hydrogens (tertiary/aromatic N) is 1. The van der Waals surface area contributed by atoms with Crippen molar-refractivity contribution in [1.82, 2.24) is 4.90 Å². The molecule has 3 aromatic rings. The summed E-state index contributed by atoms with van der Waals surface area (Å²) in [6.07, 6.45) is 1.68. The number of hydrogen-bond donors (Lipinski definition) is 0. The number of hydrogen-bond acceptors (Lipinski definition) is 5. The van der Waals surface area contributed by atoms with E-state index in [-0.39, 0.29) is 24.3 Å². The average Bonchev–Trinajstić information content (AvgIpc) is 3.09. The fourth-order valence-electron chi connectivity index (χ4n) is 3.11. The highest BCUT2D eigenvalue weighted by molar-refractivity contribution is 8.18. The molecule has 1 aliphatic rings. The number of thioether (sulfide) groups is 1. The van der Waals surface area contributed by atoms with Crippen molar-refractivity contribution in [3.8, 4) is 11.5 Å². The topological polar surface area (TPSA) is 55.8 Å². The van der Waals surface area contributed by atoms with Gasteiger partial charge in [-0.15, -0.1) is 0 Å². The molecule has 0 radical (unpaired) electrons. The first-order valence-corrected chi connectivity index (χ1v) is 12.2.